The van der Waals surface area contributed by atoms with E-state index in [1.54, 1.807) is 20.8 Å². The van der Waals surface area contributed by atoms with Crippen molar-refractivity contribution in [2.75, 3.05) is 0 Å². The van der Waals surface area contributed by atoms with Crippen molar-refractivity contribution >= 4 is 6.09 Å². The van der Waals surface area contributed by atoms with Gasteiger partial charge in [-0.2, -0.15) is 0 Å². The van der Waals surface area contributed by atoms with Crippen molar-refractivity contribution in [3.63, 3.8) is 0 Å². The number of amides is 1. The summed E-state index contributed by atoms with van der Waals surface area (Å²) in [5, 5.41) is 31.0. The summed E-state index contributed by atoms with van der Waals surface area (Å²) in [4.78, 5) is 11.5. The van der Waals surface area contributed by atoms with Gasteiger partial charge in [0.05, 0.1) is 12.1 Å². The van der Waals surface area contributed by atoms with E-state index in [1.165, 1.54) is 0 Å². The molecule has 0 aliphatic heterocycles. The average molecular weight is 247 g/mol. The van der Waals surface area contributed by atoms with Crippen LogP contribution in [-0.2, 0) is 4.74 Å². The fraction of sp³-hybridized carbons (Fsp3) is 0.909. The number of carbonyl (C=O) groups excluding carboxylic acids is 1. The van der Waals surface area contributed by atoms with Crippen LogP contribution in [0.2, 0.25) is 0 Å². The fourth-order valence-corrected chi connectivity index (χ4v) is 1.77. The minimum atomic E-state index is -1.23. The molecule has 0 aromatic heterocycles. The van der Waals surface area contributed by atoms with Crippen LogP contribution in [0.3, 0.4) is 0 Å². The summed E-state index contributed by atoms with van der Waals surface area (Å²) in [6, 6.07) is -0.594. The molecule has 1 aliphatic rings. The summed E-state index contributed by atoms with van der Waals surface area (Å²) in [6.45, 7) is 5.22. The van der Waals surface area contributed by atoms with Crippen LogP contribution in [0.25, 0.3) is 0 Å². The second-order valence-corrected chi connectivity index (χ2v) is 5.38. The number of nitrogens with one attached hydrogen (secondary N) is 1. The van der Waals surface area contributed by atoms with E-state index in [0.717, 1.165) is 0 Å². The van der Waals surface area contributed by atoms with E-state index in [2.05, 4.69) is 5.32 Å². The topological polar surface area (TPSA) is 99.0 Å². The van der Waals surface area contributed by atoms with E-state index in [1.807, 2.05) is 0 Å². The second-order valence-electron chi connectivity index (χ2n) is 5.38. The molecular formula is C11H21NO5. The molecule has 0 radical (unpaired) electrons. The Kier molecular flexibility index (Phi) is 4.35. The lowest BCUT2D eigenvalue weighted by atomic mass is 9.88. The summed E-state index contributed by atoms with van der Waals surface area (Å²) in [5.41, 5.74) is -0.609. The average Bonchev–Trinajstić information content (AvgIpc) is 2.16. The fourth-order valence-electron chi connectivity index (χ4n) is 1.77. The van der Waals surface area contributed by atoms with Gasteiger partial charge in [-0.3, -0.25) is 0 Å². The molecule has 4 atom stereocenters. The molecule has 1 fully saturated rings. The van der Waals surface area contributed by atoms with Crippen LogP contribution >= 0.6 is 0 Å². The number of aliphatic hydroxyl groups excluding tert-OH is 3. The number of aliphatic hydroxyl groups is 3. The lowest BCUT2D eigenvalue weighted by Crippen LogP contribution is -2.56. The highest BCUT2D eigenvalue weighted by Gasteiger charge is 2.37. The van der Waals surface area contributed by atoms with Gasteiger partial charge in [-0.25, -0.2) is 4.79 Å². The number of hydrogen-bond acceptors (Lipinski definition) is 5. The first kappa shape index (κ1) is 14.2. The van der Waals surface area contributed by atoms with Crippen LogP contribution < -0.4 is 5.32 Å². The number of ether oxygens (including phenoxy) is 1. The largest absolute Gasteiger partial charge is 0.444 e. The third kappa shape index (κ3) is 4.14. The van der Waals surface area contributed by atoms with Gasteiger partial charge in [0.25, 0.3) is 0 Å². The van der Waals surface area contributed by atoms with Crippen LogP contribution in [0, 0.1) is 0 Å². The predicted molar refractivity (Wildman–Crippen MR) is 60.4 cm³/mol. The number of alkyl carbamates (subject to hydrolysis) is 1. The number of hydrogen-bond donors (Lipinski definition) is 4. The molecule has 1 aliphatic carbocycles. The Bertz CT molecular complexity index is 276. The molecule has 1 amide bonds. The molecule has 1 saturated carbocycles. The van der Waals surface area contributed by atoms with E-state index >= 15 is 0 Å². The van der Waals surface area contributed by atoms with E-state index < -0.39 is 36.0 Å². The summed E-state index contributed by atoms with van der Waals surface area (Å²) < 4.78 is 5.05. The Morgan fingerprint density at radius 2 is 1.76 bits per heavy atom. The smallest absolute Gasteiger partial charge is 0.407 e. The Morgan fingerprint density at radius 1 is 1.18 bits per heavy atom. The van der Waals surface area contributed by atoms with Crippen molar-refractivity contribution in [2.24, 2.45) is 0 Å². The summed E-state index contributed by atoms with van der Waals surface area (Å²) in [6.07, 6.45) is -3.25. The van der Waals surface area contributed by atoms with E-state index in [-0.39, 0.29) is 0 Å². The first-order valence-electron chi connectivity index (χ1n) is 5.74. The molecule has 6 nitrogen and oxygen atoms in total. The van der Waals surface area contributed by atoms with Crippen molar-refractivity contribution in [1.82, 2.24) is 5.32 Å². The standard InChI is InChI=1S/C11H21NO5/c1-11(2,3)17-10(16)12-6-4-5-7(13)9(15)8(6)14/h6-9,13-15H,4-5H2,1-3H3,(H,12,16)/t6-,7-,8-,9-/m0/s1. The quantitative estimate of drug-likeness (QED) is 0.512. The van der Waals surface area contributed by atoms with E-state index in [4.69, 9.17) is 4.74 Å². The third-order valence-electron chi connectivity index (χ3n) is 2.63. The van der Waals surface area contributed by atoms with Gasteiger partial charge in [-0.1, -0.05) is 0 Å². The highest BCUT2D eigenvalue weighted by molar-refractivity contribution is 5.68. The maximum Gasteiger partial charge on any atom is 0.407 e. The van der Waals surface area contributed by atoms with Gasteiger partial charge in [0, 0.05) is 0 Å². The molecule has 0 aromatic carbocycles. The van der Waals surface area contributed by atoms with Crippen molar-refractivity contribution < 1.29 is 24.9 Å². The van der Waals surface area contributed by atoms with Crippen LogP contribution in [-0.4, -0.2) is 51.4 Å². The normalized spacial score (nSPS) is 34.2. The van der Waals surface area contributed by atoms with Gasteiger partial charge in [-0.05, 0) is 33.6 Å². The molecule has 1 rings (SSSR count). The SMILES string of the molecule is CC(C)(C)OC(=O)N[C@H]1CC[C@H](O)[C@H](O)[C@H]1O. The first-order valence-corrected chi connectivity index (χ1v) is 5.74. The predicted octanol–water partition coefficient (Wildman–Crippen LogP) is -0.244. The van der Waals surface area contributed by atoms with Crippen LogP contribution in [0.15, 0.2) is 0 Å². The van der Waals surface area contributed by atoms with Crippen LogP contribution in [0.1, 0.15) is 33.6 Å². The van der Waals surface area contributed by atoms with Crippen LogP contribution in [0.4, 0.5) is 4.79 Å². The maximum atomic E-state index is 11.5. The van der Waals surface area contributed by atoms with Crippen LogP contribution in [0.5, 0.6) is 0 Å². The molecule has 6 heteroatoms. The summed E-state index contributed by atoms with van der Waals surface area (Å²) in [7, 11) is 0. The molecule has 17 heavy (non-hydrogen) atoms. The van der Waals surface area contributed by atoms with Gasteiger partial charge >= 0.3 is 6.09 Å². The van der Waals surface area contributed by atoms with Gasteiger partial charge in [0.1, 0.15) is 17.8 Å². The van der Waals surface area contributed by atoms with Crippen molar-refractivity contribution in [2.45, 2.75) is 63.6 Å². The third-order valence-corrected chi connectivity index (χ3v) is 2.63. The lowest BCUT2D eigenvalue weighted by molar-refractivity contribution is -0.0980. The molecule has 0 unspecified atom stereocenters. The van der Waals surface area contributed by atoms with Gasteiger partial charge in [0.2, 0.25) is 0 Å². The molecule has 0 saturated heterocycles. The Labute approximate surface area is 101 Å². The molecule has 0 heterocycles. The second kappa shape index (κ2) is 5.20. The number of rotatable bonds is 1. The van der Waals surface area contributed by atoms with Gasteiger partial charge in [0.15, 0.2) is 0 Å². The zero-order valence-corrected chi connectivity index (χ0v) is 10.4. The van der Waals surface area contributed by atoms with Crippen molar-refractivity contribution in [3.05, 3.63) is 0 Å². The molecule has 100 valence electrons. The van der Waals surface area contributed by atoms with E-state index in [9.17, 15) is 20.1 Å². The first-order chi connectivity index (χ1) is 7.70. The molecule has 0 bridgehead atoms. The highest BCUT2D eigenvalue weighted by atomic mass is 16.6. The molecule has 0 spiro atoms. The Morgan fingerprint density at radius 3 is 2.29 bits per heavy atom. The lowest BCUT2D eigenvalue weighted by Gasteiger charge is -2.35. The molecule has 0 aromatic rings. The zero-order chi connectivity index (χ0) is 13.2. The maximum absolute atomic E-state index is 11.5. The van der Waals surface area contributed by atoms with Gasteiger partial charge in [-0.15, -0.1) is 0 Å². The Hall–Kier alpha value is -0.850. The molecular weight excluding hydrogens is 226 g/mol. The molecule has 4 N–H and O–H groups in total. The Balaban J connectivity index is 2.49. The van der Waals surface area contributed by atoms with Crippen molar-refractivity contribution in [1.29, 1.82) is 0 Å². The highest BCUT2D eigenvalue weighted by Crippen LogP contribution is 2.20. The summed E-state index contributed by atoms with van der Waals surface area (Å²) in [5.74, 6) is 0. The zero-order valence-electron chi connectivity index (χ0n) is 10.4. The minimum Gasteiger partial charge on any atom is -0.444 e. The summed E-state index contributed by atoms with van der Waals surface area (Å²) >= 11 is 0. The van der Waals surface area contributed by atoms with Gasteiger partial charge < -0.3 is 25.4 Å². The van der Waals surface area contributed by atoms with E-state index in [0.29, 0.717) is 12.8 Å². The van der Waals surface area contributed by atoms with Crippen molar-refractivity contribution in [3.8, 4) is 0 Å². The monoisotopic (exact) mass is 247 g/mol. The number of carbonyl (C=O) groups is 1. The minimum absolute atomic E-state index is 0.332.